The van der Waals surface area contributed by atoms with Crippen LogP contribution in [0.15, 0.2) is 91.0 Å². The molecule has 0 atom stereocenters. The molecule has 0 fully saturated rings. The van der Waals surface area contributed by atoms with Gasteiger partial charge in [-0.1, -0.05) is 60.7 Å². The van der Waals surface area contributed by atoms with E-state index in [0.717, 1.165) is 33.8 Å². The summed E-state index contributed by atoms with van der Waals surface area (Å²) in [5.74, 6) is 1.55. The molecule has 4 nitrogen and oxygen atoms in total. The summed E-state index contributed by atoms with van der Waals surface area (Å²) in [5.41, 5.74) is 4.98. The number of rotatable bonds is 6. The second-order valence-electron chi connectivity index (χ2n) is 6.31. The number of anilines is 2. The third-order valence-corrected chi connectivity index (χ3v) is 4.36. The molecule has 0 spiro atoms. The van der Waals surface area contributed by atoms with Crippen molar-refractivity contribution < 1.29 is 4.74 Å². The predicted molar refractivity (Wildman–Crippen MR) is 114 cm³/mol. The maximum atomic E-state index is 5.50. The minimum Gasteiger partial charge on any atom is -0.494 e. The Morgan fingerprint density at radius 3 is 2.04 bits per heavy atom. The van der Waals surface area contributed by atoms with E-state index in [1.54, 1.807) is 0 Å². The molecule has 0 radical (unpaired) electrons. The molecule has 0 saturated carbocycles. The van der Waals surface area contributed by atoms with Crippen LogP contribution >= 0.6 is 0 Å². The molecule has 1 aromatic heterocycles. The third kappa shape index (κ3) is 4.01. The molecule has 1 heterocycles. The van der Waals surface area contributed by atoms with Crippen LogP contribution < -0.4 is 10.1 Å². The first-order chi connectivity index (χ1) is 13.8. The molecule has 138 valence electrons. The van der Waals surface area contributed by atoms with Gasteiger partial charge in [-0.3, -0.25) is 0 Å². The Morgan fingerprint density at radius 2 is 1.39 bits per heavy atom. The Hall–Kier alpha value is -3.66. The first-order valence-electron chi connectivity index (χ1n) is 9.32. The van der Waals surface area contributed by atoms with Crippen LogP contribution in [0.3, 0.4) is 0 Å². The highest BCUT2D eigenvalue weighted by Crippen LogP contribution is 2.32. The van der Waals surface area contributed by atoms with E-state index in [1.165, 1.54) is 0 Å². The Bertz CT molecular complexity index is 1030. The van der Waals surface area contributed by atoms with Gasteiger partial charge in [0.1, 0.15) is 11.4 Å². The van der Waals surface area contributed by atoms with Crippen LogP contribution in [0.5, 0.6) is 5.75 Å². The molecule has 0 aliphatic heterocycles. The van der Waals surface area contributed by atoms with Gasteiger partial charge in [-0.05, 0) is 42.8 Å². The summed E-state index contributed by atoms with van der Waals surface area (Å²) in [6, 6.07) is 30.2. The number of ether oxygens (including phenoxy) is 1. The van der Waals surface area contributed by atoms with E-state index in [0.29, 0.717) is 12.4 Å². The van der Waals surface area contributed by atoms with E-state index < -0.39 is 0 Å². The van der Waals surface area contributed by atoms with Crippen molar-refractivity contribution in [1.29, 1.82) is 0 Å². The molecule has 0 bridgehead atoms. The molecular weight excluding hydrogens is 346 g/mol. The average molecular weight is 367 g/mol. The van der Waals surface area contributed by atoms with E-state index in [-0.39, 0.29) is 0 Å². The van der Waals surface area contributed by atoms with E-state index in [9.17, 15) is 0 Å². The molecule has 4 aromatic rings. The van der Waals surface area contributed by atoms with Crippen LogP contribution in [0, 0.1) is 0 Å². The molecule has 4 heteroatoms. The van der Waals surface area contributed by atoms with Crippen molar-refractivity contribution in [2.24, 2.45) is 0 Å². The van der Waals surface area contributed by atoms with Crippen molar-refractivity contribution in [1.82, 2.24) is 10.2 Å². The Morgan fingerprint density at radius 1 is 0.750 bits per heavy atom. The summed E-state index contributed by atoms with van der Waals surface area (Å²) in [5, 5.41) is 12.3. The van der Waals surface area contributed by atoms with E-state index in [4.69, 9.17) is 4.74 Å². The van der Waals surface area contributed by atoms with Gasteiger partial charge >= 0.3 is 0 Å². The van der Waals surface area contributed by atoms with E-state index >= 15 is 0 Å². The maximum Gasteiger partial charge on any atom is 0.153 e. The van der Waals surface area contributed by atoms with Gasteiger partial charge in [-0.2, -0.15) is 0 Å². The molecule has 0 saturated heterocycles. The second kappa shape index (κ2) is 8.35. The maximum absolute atomic E-state index is 5.50. The minimum absolute atomic E-state index is 0.652. The SMILES string of the molecule is CCOc1ccc(Nc2cc(-c3ccccc3)c(-c3ccccc3)nn2)cc1. The van der Waals surface area contributed by atoms with Gasteiger partial charge in [0.2, 0.25) is 0 Å². The number of hydrogen-bond donors (Lipinski definition) is 1. The van der Waals surface area contributed by atoms with E-state index in [2.05, 4.69) is 39.8 Å². The lowest BCUT2D eigenvalue weighted by Gasteiger charge is -2.12. The lowest BCUT2D eigenvalue weighted by Crippen LogP contribution is -1.99. The van der Waals surface area contributed by atoms with Crippen LogP contribution in [0.25, 0.3) is 22.4 Å². The fourth-order valence-electron chi connectivity index (χ4n) is 3.05. The van der Waals surface area contributed by atoms with Gasteiger partial charge in [-0.15, -0.1) is 10.2 Å². The van der Waals surface area contributed by atoms with Gasteiger partial charge in [0, 0.05) is 16.8 Å². The Labute approximate surface area is 164 Å². The lowest BCUT2D eigenvalue weighted by molar-refractivity contribution is 0.340. The largest absolute Gasteiger partial charge is 0.494 e. The first-order valence-corrected chi connectivity index (χ1v) is 9.32. The summed E-state index contributed by atoms with van der Waals surface area (Å²) in [6.45, 7) is 2.63. The fraction of sp³-hybridized carbons (Fsp3) is 0.0833. The van der Waals surface area contributed by atoms with Gasteiger partial charge in [0.05, 0.1) is 6.61 Å². The summed E-state index contributed by atoms with van der Waals surface area (Å²) in [4.78, 5) is 0. The fourth-order valence-corrected chi connectivity index (χ4v) is 3.05. The van der Waals surface area contributed by atoms with Crippen LogP contribution in [-0.4, -0.2) is 16.8 Å². The van der Waals surface area contributed by atoms with Crippen molar-refractivity contribution in [2.45, 2.75) is 6.92 Å². The summed E-state index contributed by atoms with van der Waals surface area (Å²) in [6.07, 6.45) is 0. The molecule has 0 aliphatic rings. The molecule has 0 aliphatic carbocycles. The molecule has 4 rings (SSSR count). The van der Waals surface area contributed by atoms with Crippen LogP contribution in [0.4, 0.5) is 11.5 Å². The standard InChI is InChI=1S/C24H21N3O/c1-2-28-21-15-13-20(14-16-21)25-23-17-22(18-9-5-3-6-10-18)24(27-26-23)19-11-7-4-8-12-19/h3-17H,2H2,1H3,(H,25,26). The number of benzene rings is 3. The van der Waals surface area contributed by atoms with Gasteiger partial charge in [0.25, 0.3) is 0 Å². The molecular formula is C24H21N3O. The monoisotopic (exact) mass is 367 g/mol. The zero-order chi connectivity index (χ0) is 19.2. The third-order valence-electron chi connectivity index (χ3n) is 4.36. The molecule has 1 N–H and O–H groups in total. The number of nitrogens with zero attached hydrogens (tertiary/aromatic N) is 2. The second-order valence-corrected chi connectivity index (χ2v) is 6.31. The van der Waals surface area contributed by atoms with Crippen LogP contribution in [-0.2, 0) is 0 Å². The Balaban J connectivity index is 1.70. The lowest BCUT2D eigenvalue weighted by atomic mass is 10.00. The number of nitrogens with one attached hydrogen (secondary N) is 1. The number of aromatic nitrogens is 2. The summed E-state index contributed by atoms with van der Waals surface area (Å²) < 4.78 is 5.50. The highest BCUT2D eigenvalue weighted by molar-refractivity contribution is 5.82. The molecule has 3 aromatic carbocycles. The first kappa shape index (κ1) is 17.7. The molecule has 28 heavy (non-hydrogen) atoms. The van der Waals surface area contributed by atoms with Gasteiger partial charge < -0.3 is 10.1 Å². The molecule has 0 amide bonds. The topological polar surface area (TPSA) is 47.0 Å². The van der Waals surface area contributed by atoms with Crippen LogP contribution in [0.1, 0.15) is 6.92 Å². The van der Waals surface area contributed by atoms with Crippen LogP contribution in [0.2, 0.25) is 0 Å². The van der Waals surface area contributed by atoms with Crippen molar-refractivity contribution in [3.8, 4) is 28.1 Å². The van der Waals surface area contributed by atoms with E-state index in [1.807, 2.05) is 73.7 Å². The average Bonchev–Trinajstić information content (AvgIpc) is 2.76. The summed E-state index contributed by atoms with van der Waals surface area (Å²) in [7, 11) is 0. The zero-order valence-corrected chi connectivity index (χ0v) is 15.7. The van der Waals surface area contributed by atoms with Crippen molar-refractivity contribution >= 4 is 11.5 Å². The quantitative estimate of drug-likeness (QED) is 0.457. The Kier molecular flexibility index (Phi) is 5.29. The van der Waals surface area contributed by atoms with Crippen molar-refractivity contribution in [2.75, 3.05) is 11.9 Å². The zero-order valence-electron chi connectivity index (χ0n) is 15.7. The highest BCUT2D eigenvalue weighted by atomic mass is 16.5. The minimum atomic E-state index is 0.652. The van der Waals surface area contributed by atoms with Gasteiger partial charge in [0.15, 0.2) is 5.82 Å². The molecule has 0 unspecified atom stereocenters. The van der Waals surface area contributed by atoms with Gasteiger partial charge in [-0.25, -0.2) is 0 Å². The predicted octanol–water partition coefficient (Wildman–Crippen LogP) is 5.95. The number of hydrogen-bond acceptors (Lipinski definition) is 4. The highest BCUT2D eigenvalue weighted by Gasteiger charge is 2.11. The smallest absolute Gasteiger partial charge is 0.153 e. The normalized spacial score (nSPS) is 10.5. The van der Waals surface area contributed by atoms with Crippen molar-refractivity contribution in [3.63, 3.8) is 0 Å². The summed E-state index contributed by atoms with van der Waals surface area (Å²) >= 11 is 0. The van der Waals surface area contributed by atoms with Crippen molar-refractivity contribution in [3.05, 3.63) is 91.0 Å².